The third-order valence-corrected chi connectivity index (χ3v) is 6.59. The molecule has 0 bridgehead atoms. The second-order valence-corrected chi connectivity index (χ2v) is 8.84. The molecule has 0 saturated carbocycles. The molecule has 1 fully saturated rings. The number of benzene rings is 1. The average molecular weight is 406 g/mol. The zero-order valence-corrected chi connectivity index (χ0v) is 18.4. The molecule has 0 N–H and O–H groups in total. The van der Waals surface area contributed by atoms with Gasteiger partial charge >= 0.3 is 0 Å². The summed E-state index contributed by atoms with van der Waals surface area (Å²) in [6, 6.07) is 9.01. The van der Waals surface area contributed by atoms with Gasteiger partial charge in [-0.3, -0.25) is 9.59 Å². The summed E-state index contributed by atoms with van der Waals surface area (Å²) in [6.45, 7) is 6.32. The van der Waals surface area contributed by atoms with Crippen LogP contribution in [-0.4, -0.2) is 41.6 Å². The molecule has 0 atom stereocenters. The minimum absolute atomic E-state index is 0.00801. The Hall–Kier alpha value is -2.82. The summed E-state index contributed by atoms with van der Waals surface area (Å²) in [4.78, 5) is 29.9. The highest BCUT2D eigenvalue weighted by molar-refractivity contribution is 5.98. The number of allylic oxidation sites excluding steroid dienone is 1. The van der Waals surface area contributed by atoms with Gasteiger partial charge < -0.3 is 14.4 Å². The lowest BCUT2D eigenvalue weighted by Gasteiger charge is -2.38. The number of aromatic nitrogens is 1. The Kier molecular flexibility index (Phi) is 5.54. The van der Waals surface area contributed by atoms with Gasteiger partial charge in [0.1, 0.15) is 0 Å². The maximum atomic E-state index is 13.3. The predicted molar refractivity (Wildman–Crippen MR) is 122 cm³/mol. The van der Waals surface area contributed by atoms with Crippen LogP contribution in [0.3, 0.4) is 0 Å². The van der Waals surface area contributed by atoms with Crippen LogP contribution in [-0.2, 0) is 13.5 Å². The van der Waals surface area contributed by atoms with Crippen molar-refractivity contribution < 1.29 is 4.79 Å². The minimum Gasteiger partial charge on any atom is -0.371 e. The van der Waals surface area contributed by atoms with Crippen LogP contribution in [0.25, 0.3) is 6.08 Å². The molecular weight excluding hydrogens is 374 g/mol. The molecule has 0 radical (unpaired) electrons. The first kappa shape index (κ1) is 20.5. The van der Waals surface area contributed by atoms with E-state index in [1.807, 2.05) is 24.1 Å². The molecule has 2 heterocycles. The van der Waals surface area contributed by atoms with Crippen molar-refractivity contribution in [2.75, 3.05) is 25.0 Å². The van der Waals surface area contributed by atoms with Gasteiger partial charge in [-0.15, -0.1) is 0 Å². The number of pyridine rings is 1. The lowest BCUT2D eigenvalue weighted by Crippen LogP contribution is -2.46. The molecule has 4 rings (SSSR count). The highest BCUT2D eigenvalue weighted by Gasteiger charge is 2.29. The smallest absolute Gasteiger partial charge is 0.255 e. The monoisotopic (exact) mass is 405 g/mol. The normalized spacial score (nSPS) is 16.2. The fourth-order valence-electron chi connectivity index (χ4n) is 4.61. The van der Waals surface area contributed by atoms with Gasteiger partial charge in [-0.05, 0) is 48.4 Å². The first-order valence-electron chi connectivity index (χ1n) is 10.9. The summed E-state index contributed by atoms with van der Waals surface area (Å²) in [5, 5.41) is 0. The van der Waals surface area contributed by atoms with E-state index in [1.165, 1.54) is 15.8 Å². The van der Waals surface area contributed by atoms with Crippen LogP contribution in [0.4, 0.5) is 5.69 Å². The molecule has 0 spiro atoms. The van der Waals surface area contributed by atoms with Crippen LogP contribution in [0.1, 0.15) is 59.7 Å². The molecule has 2 aliphatic rings. The molecule has 1 aliphatic heterocycles. The molecule has 1 aliphatic carbocycles. The second-order valence-electron chi connectivity index (χ2n) is 8.84. The van der Waals surface area contributed by atoms with E-state index in [0.29, 0.717) is 17.9 Å². The Morgan fingerprint density at radius 2 is 1.93 bits per heavy atom. The minimum atomic E-state index is -0.00820. The van der Waals surface area contributed by atoms with E-state index in [4.69, 9.17) is 0 Å². The van der Waals surface area contributed by atoms with Crippen molar-refractivity contribution in [1.29, 1.82) is 0 Å². The topological polar surface area (TPSA) is 45.5 Å². The molecule has 1 aromatic heterocycles. The molecule has 158 valence electrons. The first-order chi connectivity index (χ1) is 14.4. The van der Waals surface area contributed by atoms with Crippen molar-refractivity contribution in [2.45, 2.75) is 45.1 Å². The van der Waals surface area contributed by atoms with Crippen molar-refractivity contribution in [3.05, 3.63) is 69.1 Å². The molecule has 5 nitrogen and oxygen atoms in total. The molecule has 0 unspecified atom stereocenters. The lowest BCUT2D eigenvalue weighted by atomic mass is 9.99. The molecule has 5 heteroatoms. The van der Waals surface area contributed by atoms with E-state index in [9.17, 15) is 9.59 Å². The Morgan fingerprint density at radius 3 is 2.63 bits per heavy atom. The van der Waals surface area contributed by atoms with E-state index in [0.717, 1.165) is 37.1 Å². The van der Waals surface area contributed by atoms with Crippen molar-refractivity contribution in [2.24, 2.45) is 7.05 Å². The van der Waals surface area contributed by atoms with Gasteiger partial charge in [-0.2, -0.15) is 0 Å². The summed E-state index contributed by atoms with van der Waals surface area (Å²) >= 11 is 0. The Labute approximate surface area is 178 Å². The third-order valence-electron chi connectivity index (χ3n) is 6.59. The fourth-order valence-corrected chi connectivity index (χ4v) is 4.61. The van der Waals surface area contributed by atoms with Crippen molar-refractivity contribution in [3.63, 3.8) is 0 Å². The number of hydrogen-bond donors (Lipinski definition) is 0. The summed E-state index contributed by atoms with van der Waals surface area (Å²) in [7, 11) is 3.62. The number of carbonyl (C=O) groups is 1. The van der Waals surface area contributed by atoms with Crippen molar-refractivity contribution in [3.8, 4) is 0 Å². The lowest BCUT2D eigenvalue weighted by molar-refractivity contribution is 0.0708. The maximum absolute atomic E-state index is 13.3. The number of nitrogens with zero attached hydrogens (tertiary/aromatic N) is 3. The largest absolute Gasteiger partial charge is 0.371 e. The standard InChI is InChI=1S/C25H31N3O2/c1-17(2)18-7-5-8-20(15-18)28-13-11-19(12-14-28)27(4)25(30)23-16-26(3)24(29)22-10-6-9-21(22)23/h5-9,15-17,19H,10-14H2,1-4H3. The molecular formula is C25H31N3O2. The SMILES string of the molecule is CC(C)c1cccc(N2CCC(N(C)C(=O)c3cn(C)c(=O)c4c3C=CC4)CC2)c1. The van der Waals surface area contributed by atoms with Crippen LogP contribution < -0.4 is 10.5 Å². The van der Waals surface area contributed by atoms with E-state index in [1.54, 1.807) is 13.2 Å². The van der Waals surface area contributed by atoms with Gasteiger partial charge in [0, 0.05) is 50.7 Å². The van der Waals surface area contributed by atoms with Gasteiger partial charge in [0.15, 0.2) is 0 Å². The van der Waals surface area contributed by atoms with Crippen molar-refractivity contribution in [1.82, 2.24) is 9.47 Å². The number of anilines is 1. The van der Waals surface area contributed by atoms with E-state index < -0.39 is 0 Å². The Bertz CT molecular complexity index is 1040. The molecule has 2 aromatic rings. The van der Waals surface area contributed by atoms with E-state index >= 15 is 0 Å². The van der Waals surface area contributed by atoms with E-state index in [2.05, 4.69) is 43.0 Å². The summed E-state index contributed by atoms with van der Waals surface area (Å²) in [5.74, 6) is 0.525. The number of aryl methyl sites for hydroxylation is 1. The zero-order valence-electron chi connectivity index (χ0n) is 18.4. The van der Waals surface area contributed by atoms with Crippen LogP contribution >= 0.6 is 0 Å². The van der Waals surface area contributed by atoms with E-state index in [-0.39, 0.29) is 17.5 Å². The van der Waals surface area contributed by atoms with Gasteiger partial charge in [0.2, 0.25) is 0 Å². The Balaban J connectivity index is 1.47. The fraction of sp³-hybridized carbons (Fsp3) is 0.440. The first-order valence-corrected chi connectivity index (χ1v) is 10.9. The number of fused-ring (bicyclic) bond motifs is 1. The van der Waals surface area contributed by atoms with Crippen LogP contribution in [0.5, 0.6) is 0 Å². The molecule has 1 amide bonds. The summed E-state index contributed by atoms with van der Waals surface area (Å²) < 4.78 is 1.54. The third kappa shape index (κ3) is 3.69. The highest BCUT2D eigenvalue weighted by Crippen LogP contribution is 2.27. The predicted octanol–water partition coefficient (Wildman–Crippen LogP) is 3.82. The molecule has 30 heavy (non-hydrogen) atoms. The van der Waals surface area contributed by atoms with Gasteiger partial charge in [-0.1, -0.05) is 38.1 Å². The number of piperidine rings is 1. The number of carbonyl (C=O) groups excluding carboxylic acids is 1. The van der Waals surface area contributed by atoms with Crippen LogP contribution in [0.2, 0.25) is 0 Å². The summed E-state index contributed by atoms with van der Waals surface area (Å²) in [5.41, 5.74) is 4.80. The highest BCUT2D eigenvalue weighted by atomic mass is 16.2. The van der Waals surface area contributed by atoms with Gasteiger partial charge in [0.05, 0.1) is 5.56 Å². The molecule has 1 saturated heterocycles. The quantitative estimate of drug-likeness (QED) is 0.777. The van der Waals surface area contributed by atoms with Gasteiger partial charge in [0.25, 0.3) is 11.5 Å². The summed E-state index contributed by atoms with van der Waals surface area (Å²) in [6.07, 6.45) is 8.08. The molecule has 1 aromatic carbocycles. The second kappa shape index (κ2) is 8.13. The van der Waals surface area contributed by atoms with Gasteiger partial charge in [-0.25, -0.2) is 0 Å². The number of amides is 1. The Morgan fingerprint density at radius 1 is 1.20 bits per heavy atom. The van der Waals surface area contributed by atoms with Crippen molar-refractivity contribution >= 4 is 17.7 Å². The van der Waals surface area contributed by atoms with Crippen LogP contribution in [0, 0.1) is 0 Å². The zero-order chi connectivity index (χ0) is 21.4. The average Bonchev–Trinajstić information content (AvgIpc) is 3.25. The maximum Gasteiger partial charge on any atom is 0.255 e. The number of rotatable bonds is 4. The van der Waals surface area contributed by atoms with Crippen LogP contribution in [0.15, 0.2) is 41.3 Å². The number of hydrogen-bond acceptors (Lipinski definition) is 3.